The van der Waals surface area contributed by atoms with Crippen LogP contribution in [-0.2, 0) is 0 Å². The highest BCUT2D eigenvalue weighted by atomic mass is 35.5. The van der Waals surface area contributed by atoms with Crippen molar-refractivity contribution in [2.24, 2.45) is 0 Å². The molecule has 0 aromatic heterocycles. The van der Waals surface area contributed by atoms with Gasteiger partial charge < -0.3 is 0 Å². The van der Waals surface area contributed by atoms with Crippen LogP contribution >= 0.6 is 23.2 Å². The van der Waals surface area contributed by atoms with Crippen LogP contribution in [0.3, 0.4) is 0 Å². The molecule has 0 amide bonds. The Morgan fingerprint density at radius 3 is 2.00 bits per heavy atom. The first kappa shape index (κ1) is 14.9. The van der Waals surface area contributed by atoms with Crippen molar-refractivity contribution in [2.45, 2.75) is 0 Å². The zero-order chi connectivity index (χ0) is 15.5. The van der Waals surface area contributed by atoms with Gasteiger partial charge in [0.25, 0.3) is 0 Å². The number of halogens is 2. The second-order valence-electron chi connectivity index (χ2n) is 4.97. The lowest BCUT2D eigenvalue weighted by molar-refractivity contribution is 1.57. The Bertz CT molecular complexity index is 817. The molecule has 0 aliphatic carbocycles. The van der Waals surface area contributed by atoms with E-state index in [-0.39, 0.29) is 0 Å². The summed E-state index contributed by atoms with van der Waals surface area (Å²) in [6, 6.07) is 21.9. The SMILES string of the molecule is C=Cc1ccc(-c2c(Cl)cccc2-c2ccccc2Cl)cc1. The Morgan fingerprint density at radius 1 is 0.682 bits per heavy atom. The number of benzene rings is 3. The lowest BCUT2D eigenvalue weighted by Gasteiger charge is -2.13. The van der Waals surface area contributed by atoms with Gasteiger partial charge in [-0.3, -0.25) is 0 Å². The molecular weight excluding hydrogens is 311 g/mol. The zero-order valence-electron chi connectivity index (χ0n) is 11.9. The Balaban J connectivity index is 2.23. The fourth-order valence-corrected chi connectivity index (χ4v) is 3.03. The Kier molecular flexibility index (Phi) is 4.33. The zero-order valence-corrected chi connectivity index (χ0v) is 13.4. The van der Waals surface area contributed by atoms with Crippen molar-refractivity contribution in [3.63, 3.8) is 0 Å². The van der Waals surface area contributed by atoms with E-state index in [4.69, 9.17) is 23.2 Å². The number of hydrogen-bond donors (Lipinski definition) is 0. The highest BCUT2D eigenvalue weighted by Crippen LogP contribution is 2.40. The van der Waals surface area contributed by atoms with Crippen LogP contribution in [-0.4, -0.2) is 0 Å². The van der Waals surface area contributed by atoms with Gasteiger partial charge in [-0.25, -0.2) is 0 Å². The summed E-state index contributed by atoms with van der Waals surface area (Å²) in [5, 5.41) is 1.43. The molecule has 0 saturated carbocycles. The lowest BCUT2D eigenvalue weighted by atomic mass is 9.94. The van der Waals surface area contributed by atoms with Crippen LogP contribution in [0.25, 0.3) is 28.3 Å². The monoisotopic (exact) mass is 324 g/mol. The molecule has 0 radical (unpaired) electrons. The molecule has 0 fully saturated rings. The Labute approximate surface area is 140 Å². The summed E-state index contributed by atoms with van der Waals surface area (Å²) in [6.45, 7) is 3.78. The summed E-state index contributed by atoms with van der Waals surface area (Å²) in [5.41, 5.74) is 5.15. The standard InChI is InChI=1S/C20H14Cl2/c1-2-14-10-12-15(13-11-14)20-17(7-5-9-19(20)22)16-6-3-4-8-18(16)21/h2-13H,1H2. The summed E-state index contributed by atoms with van der Waals surface area (Å²) in [5.74, 6) is 0. The molecule has 0 aliphatic heterocycles. The maximum absolute atomic E-state index is 6.48. The molecule has 22 heavy (non-hydrogen) atoms. The smallest absolute Gasteiger partial charge is 0.0490 e. The van der Waals surface area contributed by atoms with Gasteiger partial charge in [-0.15, -0.1) is 0 Å². The van der Waals surface area contributed by atoms with Crippen molar-refractivity contribution in [3.05, 3.63) is 88.9 Å². The van der Waals surface area contributed by atoms with E-state index in [0.717, 1.165) is 27.8 Å². The van der Waals surface area contributed by atoms with Crippen LogP contribution < -0.4 is 0 Å². The van der Waals surface area contributed by atoms with Crippen LogP contribution in [0.5, 0.6) is 0 Å². The van der Waals surface area contributed by atoms with Crippen molar-refractivity contribution in [3.8, 4) is 22.3 Å². The van der Waals surface area contributed by atoms with Gasteiger partial charge in [-0.1, -0.05) is 90.5 Å². The predicted octanol–water partition coefficient (Wildman–Crippen LogP) is 6.97. The fraction of sp³-hybridized carbons (Fsp3) is 0. The average molecular weight is 325 g/mol. The van der Waals surface area contributed by atoms with E-state index in [0.29, 0.717) is 10.0 Å². The second-order valence-corrected chi connectivity index (χ2v) is 5.78. The molecule has 0 saturated heterocycles. The summed E-state index contributed by atoms with van der Waals surface area (Å²) in [7, 11) is 0. The topological polar surface area (TPSA) is 0 Å². The summed E-state index contributed by atoms with van der Waals surface area (Å²) in [4.78, 5) is 0. The highest BCUT2D eigenvalue weighted by molar-refractivity contribution is 6.35. The summed E-state index contributed by atoms with van der Waals surface area (Å²) in [6.07, 6.45) is 1.82. The van der Waals surface area contributed by atoms with Crippen LogP contribution in [0, 0.1) is 0 Å². The second kappa shape index (κ2) is 6.39. The molecule has 0 aliphatic rings. The fourth-order valence-electron chi connectivity index (χ4n) is 2.51. The molecule has 2 heteroatoms. The van der Waals surface area contributed by atoms with Crippen LogP contribution in [0.1, 0.15) is 5.56 Å². The van der Waals surface area contributed by atoms with E-state index in [1.807, 2.05) is 60.7 Å². The van der Waals surface area contributed by atoms with Crippen LogP contribution in [0.4, 0.5) is 0 Å². The first-order valence-corrected chi connectivity index (χ1v) is 7.72. The van der Waals surface area contributed by atoms with Gasteiger partial charge in [-0.2, -0.15) is 0 Å². The van der Waals surface area contributed by atoms with Gasteiger partial charge in [0, 0.05) is 21.2 Å². The Morgan fingerprint density at radius 2 is 1.32 bits per heavy atom. The third kappa shape index (κ3) is 2.81. The van der Waals surface area contributed by atoms with E-state index in [9.17, 15) is 0 Å². The van der Waals surface area contributed by atoms with Crippen LogP contribution in [0.2, 0.25) is 10.0 Å². The van der Waals surface area contributed by atoms with Crippen molar-refractivity contribution in [1.29, 1.82) is 0 Å². The van der Waals surface area contributed by atoms with Gasteiger partial charge in [0.15, 0.2) is 0 Å². The van der Waals surface area contributed by atoms with Crippen molar-refractivity contribution < 1.29 is 0 Å². The quantitative estimate of drug-likeness (QED) is 0.488. The first-order valence-electron chi connectivity index (χ1n) is 6.97. The minimum absolute atomic E-state index is 0.712. The van der Waals surface area contributed by atoms with Crippen molar-refractivity contribution >= 4 is 29.3 Å². The average Bonchev–Trinajstić information content (AvgIpc) is 2.55. The molecule has 0 spiro atoms. The lowest BCUT2D eigenvalue weighted by Crippen LogP contribution is -1.88. The Hall–Kier alpha value is -2.02. The summed E-state index contributed by atoms with van der Waals surface area (Å²) >= 11 is 12.8. The van der Waals surface area contributed by atoms with E-state index < -0.39 is 0 Å². The molecule has 108 valence electrons. The van der Waals surface area contributed by atoms with Gasteiger partial charge in [0.2, 0.25) is 0 Å². The molecule has 0 nitrogen and oxygen atoms in total. The van der Waals surface area contributed by atoms with E-state index >= 15 is 0 Å². The molecule has 0 atom stereocenters. The first-order chi connectivity index (χ1) is 10.7. The predicted molar refractivity (Wildman–Crippen MR) is 97.4 cm³/mol. The van der Waals surface area contributed by atoms with Crippen molar-refractivity contribution in [1.82, 2.24) is 0 Å². The van der Waals surface area contributed by atoms with Crippen LogP contribution in [0.15, 0.2) is 73.3 Å². The number of rotatable bonds is 3. The van der Waals surface area contributed by atoms with E-state index in [1.165, 1.54) is 0 Å². The molecule has 0 bridgehead atoms. The molecule has 3 aromatic carbocycles. The highest BCUT2D eigenvalue weighted by Gasteiger charge is 2.13. The maximum atomic E-state index is 6.48. The molecule has 3 rings (SSSR count). The third-order valence-electron chi connectivity index (χ3n) is 3.61. The maximum Gasteiger partial charge on any atom is 0.0490 e. The van der Waals surface area contributed by atoms with E-state index in [1.54, 1.807) is 0 Å². The normalized spacial score (nSPS) is 10.5. The largest absolute Gasteiger partial charge is 0.0985 e. The van der Waals surface area contributed by atoms with Gasteiger partial charge >= 0.3 is 0 Å². The van der Waals surface area contributed by atoms with Gasteiger partial charge in [0.05, 0.1) is 0 Å². The van der Waals surface area contributed by atoms with E-state index in [2.05, 4.69) is 18.7 Å². The minimum Gasteiger partial charge on any atom is -0.0985 e. The molecule has 0 N–H and O–H groups in total. The number of hydrogen-bond acceptors (Lipinski definition) is 0. The molecule has 3 aromatic rings. The molecule has 0 heterocycles. The van der Waals surface area contributed by atoms with Gasteiger partial charge in [-0.05, 0) is 28.8 Å². The van der Waals surface area contributed by atoms with Crippen molar-refractivity contribution in [2.75, 3.05) is 0 Å². The summed E-state index contributed by atoms with van der Waals surface area (Å²) < 4.78 is 0. The molecular formula is C20H14Cl2. The van der Waals surface area contributed by atoms with Gasteiger partial charge in [0.1, 0.15) is 0 Å². The minimum atomic E-state index is 0.712. The third-order valence-corrected chi connectivity index (χ3v) is 4.26. The molecule has 0 unspecified atom stereocenters.